The third kappa shape index (κ3) is 1.93. The monoisotopic (exact) mass is 206 g/mol. The molecule has 0 aromatic heterocycles. The van der Waals surface area contributed by atoms with Crippen molar-refractivity contribution in [3.8, 4) is 0 Å². The Morgan fingerprint density at radius 1 is 1.29 bits per heavy atom. The van der Waals surface area contributed by atoms with E-state index in [2.05, 4.69) is 18.8 Å². The number of anilines is 1. The first-order valence-electron chi connectivity index (χ1n) is 4.65. The Bertz CT molecular complexity index is 365. The highest BCUT2D eigenvalue weighted by molar-refractivity contribution is 8.14. The average Bonchev–Trinajstić information content (AvgIpc) is 2.47. The molecular formula is C11H14N2S. The van der Waals surface area contributed by atoms with E-state index in [1.807, 2.05) is 36.0 Å². The predicted octanol–water partition coefficient (Wildman–Crippen LogP) is 2.54. The molecule has 1 heterocycles. The van der Waals surface area contributed by atoms with E-state index in [1.54, 1.807) is 0 Å². The molecule has 0 fully saturated rings. The number of hydrogen-bond donors (Lipinski definition) is 1. The van der Waals surface area contributed by atoms with Crippen molar-refractivity contribution in [2.75, 3.05) is 11.5 Å². The lowest BCUT2D eigenvalue weighted by atomic mass is 10.1. The molecular weight excluding hydrogens is 192 g/mol. The first-order chi connectivity index (χ1) is 6.57. The lowest BCUT2D eigenvalue weighted by Crippen LogP contribution is -2.15. The van der Waals surface area contributed by atoms with Gasteiger partial charge in [0.1, 0.15) is 0 Å². The van der Waals surface area contributed by atoms with E-state index < -0.39 is 0 Å². The summed E-state index contributed by atoms with van der Waals surface area (Å²) in [6.45, 7) is 4.31. The second-order valence-corrected chi connectivity index (χ2v) is 5.10. The Kier molecular flexibility index (Phi) is 2.27. The molecule has 0 radical (unpaired) electrons. The molecule has 0 unspecified atom stereocenters. The van der Waals surface area contributed by atoms with Gasteiger partial charge in [0.25, 0.3) is 0 Å². The minimum atomic E-state index is 0.0847. The highest BCUT2D eigenvalue weighted by atomic mass is 32.2. The number of hydrogen-bond acceptors (Lipinski definition) is 3. The zero-order chi connectivity index (χ0) is 10.2. The molecule has 1 aliphatic heterocycles. The van der Waals surface area contributed by atoms with Crippen LogP contribution in [0.1, 0.15) is 19.4 Å². The zero-order valence-electron chi connectivity index (χ0n) is 8.45. The molecule has 74 valence electrons. The number of rotatable bonds is 1. The normalized spacial score (nSPS) is 19.4. The Morgan fingerprint density at radius 2 is 1.93 bits per heavy atom. The van der Waals surface area contributed by atoms with Crippen molar-refractivity contribution >= 4 is 22.5 Å². The highest BCUT2D eigenvalue weighted by Gasteiger charge is 2.25. The maximum atomic E-state index is 5.63. The van der Waals surface area contributed by atoms with Crippen LogP contribution in [0.3, 0.4) is 0 Å². The van der Waals surface area contributed by atoms with Gasteiger partial charge < -0.3 is 5.73 Å². The molecule has 0 saturated heterocycles. The number of nitrogens with two attached hydrogens (primary N) is 1. The summed E-state index contributed by atoms with van der Waals surface area (Å²) in [5, 5.41) is 1.13. The molecule has 1 aromatic carbocycles. The quantitative estimate of drug-likeness (QED) is 0.717. The van der Waals surface area contributed by atoms with Crippen LogP contribution in [-0.2, 0) is 0 Å². The summed E-state index contributed by atoms with van der Waals surface area (Å²) in [6.07, 6.45) is 0. The number of benzene rings is 1. The van der Waals surface area contributed by atoms with Crippen molar-refractivity contribution in [2.24, 2.45) is 4.99 Å². The van der Waals surface area contributed by atoms with E-state index in [0.717, 1.165) is 16.5 Å². The largest absolute Gasteiger partial charge is 0.399 e. The lowest BCUT2D eigenvalue weighted by Gasteiger charge is -2.09. The molecule has 0 saturated carbocycles. The third-order valence-corrected chi connectivity index (χ3v) is 3.58. The summed E-state index contributed by atoms with van der Waals surface area (Å²) in [7, 11) is 0. The highest BCUT2D eigenvalue weighted by Crippen LogP contribution is 2.30. The number of thioether (sulfide) groups is 1. The Morgan fingerprint density at radius 3 is 2.43 bits per heavy atom. The van der Waals surface area contributed by atoms with Gasteiger partial charge in [-0.05, 0) is 26.0 Å². The summed E-state index contributed by atoms with van der Waals surface area (Å²) in [5.74, 6) is 1.06. The van der Waals surface area contributed by atoms with E-state index in [-0.39, 0.29) is 5.54 Å². The summed E-state index contributed by atoms with van der Waals surface area (Å²) < 4.78 is 0. The van der Waals surface area contributed by atoms with Gasteiger partial charge in [-0.25, -0.2) is 0 Å². The van der Waals surface area contributed by atoms with Crippen LogP contribution in [0.5, 0.6) is 0 Å². The van der Waals surface area contributed by atoms with Gasteiger partial charge >= 0.3 is 0 Å². The van der Waals surface area contributed by atoms with Crippen molar-refractivity contribution in [3.05, 3.63) is 29.8 Å². The van der Waals surface area contributed by atoms with Gasteiger partial charge in [-0.2, -0.15) is 0 Å². The van der Waals surface area contributed by atoms with Crippen LogP contribution in [0.25, 0.3) is 0 Å². The van der Waals surface area contributed by atoms with E-state index in [1.165, 1.54) is 5.56 Å². The van der Waals surface area contributed by atoms with Crippen LogP contribution in [0.4, 0.5) is 5.69 Å². The number of nitrogens with zero attached hydrogens (tertiary/aromatic N) is 1. The van der Waals surface area contributed by atoms with Gasteiger partial charge in [-0.3, -0.25) is 4.99 Å². The summed E-state index contributed by atoms with van der Waals surface area (Å²) >= 11 is 1.82. The maximum Gasteiger partial charge on any atom is 0.0984 e. The molecule has 2 N–H and O–H groups in total. The fourth-order valence-corrected chi connectivity index (χ4v) is 2.53. The molecule has 3 heteroatoms. The van der Waals surface area contributed by atoms with Crippen molar-refractivity contribution in [1.29, 1.82) is 0 Å². The van der Waals surface area contributed by atoms with Crippen LogP contribution < -0.4 is 5.73 Å². The van der Waals surface area contributed by atoms with Crippen molar-refractivity contribution in [2.45, 2.75) is 19.4 Å². The van der Waals surface area contributed by atoms with Crippen LogP contribution in [0.2, 0.25) is 0 Å². The van der Waals surface area contributed by atoms with Crippen LogP contribution in [0, 0.1) is 0 Å². The van der Waals surface area contributed by atoms with Crippen LogP contribution >= 0.6 is 11.8 Å². The van der Waals surface area contributed by atoms with Gasteiger partial charge in [0, 0.05) is 17.0 Å². The Hall–Kier alpha value is -0.960. The van der Waals surface area contributed by atoms with E-state index in [4.69, 9.17) is 5.73 Å². The molecule has 0 aliphatic carbocycles. The van der Waals surface area contributed by atoms with Gasteiger partial charge in [0.15, 0.2) is 0 Å². The molecule has 0 atom stereocenters. The topological polar surface area (TPSA) is 38.4 Å². The van der Waals surface area contributed by atoms with Crippen molar-refractivity contribution in [3.63, 3.8) is 0 Å². The minimum absolute atomic E-state index is 0.0847. The van der Waals surface area contributed by atoms with E-state index in [0.29, 0.717) is 0 Å². The molecule has 0 bridgehead atoms. The maximum absolute atomic E-state index is 5.63. The average molecular weight is 206 g/mol. The minimum Gasteiger partial charge on any atom is -0.399 e. The molecule has 14 heavy (non-hydrogen) atoms. The van der Waals surface area contributed by atoms with E-state index >= 15 is 0 Å². The standard InChI is InChI=1S/C11H14N2S/c1-11(2)7-14-10(13-11)8-3-5-9(12)6-4-8/h3-6H,7,12H2,1-2H3. The molecule has 2 rings (SSSR count). The third-order valence-electron chi connectivity index (χ3n) is 2.12. The van der Waals surface area contributed by atoms with Crippen molar-refractivity contribution in [1.82, 2.24) is 0 Å². The van der Waals surface area contributed by atoms with Gasteiger partial charge in [-0.15, -0.1) is 11.8 Å². The second-order valence-electron chi connectivity index (χ2n) is 4.14. The van der Waals surface area contributed by atoms with Crippen LogP contribution in [0.15, 0.2) is 29.3 Å². The summed E-state index contributed by atoms with van der Waals surface area (Å²) in [5.41, 5.74) is 7.69. The Balaban J connectivity index is 2.29. The van der Waals surface area contributed by atoms with Crippen molar-refractivity contribution < 1.29 is 0 Å². The smallest absolute Gasteiger partial charge is 0.0984 e. The Labute approximate surface area is 88.6 Å². The molecule has 1 aromatic rings. The van der Waals surface area contributed by atoms with E-state index in [9.17, 15) is 0 Å². The number of nitrogen functional groups attached to an aromatic ring is 1. The molecule has 0 spiro atoms. The lowest BCUT2D eigenvalue weighted by molar-refractivity contribution is 0.605. The van der Waals surface area contributed by atoms with Gasteiger partial charge in [-0.1, -0.05) is 12.1 Å². The van der Waals surface area contributed by atoms with Gasteiger partial charge in [0.2, 0.25) is 0 Å². The first-order valence-corrected chi connectivity index (χ1v) is 5.64. The van der Waals surface area contributed by atoms with Gasteiger partial charge in [0.05, 0.1) is 10.6 Å². The predicted molar refractivity (Wildman–Crippen MR) is 63.9 cm³/mol. The fraction of sp³-hybridized carbons (Fsp3) is 0.364. The SMILES string of the molecule is CC1(C)CSC(c2ccc(N)cc2)=N1. The zero-order valence-corrected chi connectivity index (χ0v) is 9.27. The summed E-state index contributed by atoms with van der Waals surface area (Å²) in [4.78, 5) is 4.66. The van der Waals surface area contributed by atoms with Crippen LogP contribution in [-0.4, -0.2) is 16.3 Å². The molecule has 2 nitrogen and oxygen atoms in total. The fourth-order valence-electron chi connectivity index (χ4n) is 1.36. The first kappa shape index (κ1) is 9.59. The molecule has 1 aliphatic rings. The summed E-state index contributed by atoms with van der Waals surface area (Å²) in [6, 6.07) is 7.90. The second kappa shape index (κ2) is 3.31. The number of aliphatic imine (C=N–C) groups is 1. The molecule has 0 amide bonds.